The summed E-state index contributed by atoms with van der Waals surface area (Å²) in [6.07, 6.45) is 1.53. The predicted octanol–water partition coefficient (Wildman–Crippen LogP) is 4.93. The first-order valence-electron chi connectivity index (χ1n) is 8.69. The van der Waals surface area contributed by atoms with E-state index in [1.54, 1.807) is 42.5 Å². The lowest BCUT2D eigenvalue weighted by Gasteiger charge is -2.07. The lowest BCUT2D eigenvalue weighted by molar-refractivity contribution is -0.384. The first kappa shape index (κ1) is 18.4. The van der Waals surface area contributed by atoms with Crippen LogP contribution in [0.25, 0.3) is 6.08 Å². The molecule has 0 atom stereocenters. The Morgan fingerprint density at radius 3 is 2.45 bits per heavy atom. The molecule has 1 heterocycles. The third kappa shape index (κ3) is 3.98. The second kappa shape index (κ2) is 7.55. The number of nitro groups is 1. The van der Waals surface area contributed by atoms with Crippen molar-refractivity contribution in [2.75, 3.05) is 0 Å². The Kier molecular flexibility index (Phi) is 4.78. The number of benzene rings is 3. The third-order valence-electron chi connectivity index (χ3n) is 4.36. The quantitative estimate of drug-likeness (QED) is 0.350. The van der Waals surface area contributed by atoms with E-state index in [9.17, 15) is 19.3 Å². The number of non-ortho nitro benzene ring substituents is 1. The van der Waals surface area contributed by atoms with E-state index < -0.39 is 4.92 Å². The number of ketones is 1. The van der Waals surface area contributed by atoms with E-state index in [0.717, 1.165) is 5.56 Å². The first-order valence-corrected chi connectivity index (χ1v) is 8.69. The topological polar surface area (TPSA) is 78.7 Å². The van der Waals surface area contributed by atoms with Crippen LogP contribution in [0.4, 0.5) is 10.1 Å². The van der Waals surface area contributed by atoms with E-state index in [4.69, 9.17) is 9.47 Å². The fourth-order valence-corrected chi connectivity index (χ4v) is 2.85. The summed E-state index contributed by atoms with van der Waals surface area (Å²) in [5.74, 6) is 0.427. The number of carbonyl (C=O) groups excluding carboxylic acids is 1. The van der Waals surface area contributed by atoms with E-state index in [2.05, 4.69) is 0 Å². The molecule has 6 nitrogen and oxygen atoms in total. The van der Waals surface area contributed by atoms with Gasteiger partial charge in [-0.05, 0) is 53.6 Å². The highest BCUT2D eigenvalue weighted by Gasteiger charge is 2.27. The predicted molar refractivity (Wildman–Crippen MR) is 103 cm³/mol. The van der Waals surface area contributed by atoms with Crippen LogP contribution >= 0.6 is 0 Å². The lowest BCUT2D eigenvalue weighted by atomic mass is 10.1. The molecule has 4 rings (SSSR count). The fourth-order valence-electron chi connectivity index (χ4n) is 2.85. The summed E-state index contributed by atoms with van der Waals surface area (Å²) in [6.45, 7) is 0.249. The average molecular weight is 391 g/mol. The minimum atomic E-state index is -0.489. The van der Waals surface area contributed by atoms with Gasteiger partial charge in [-0.1, -0.05) is 12.1 Å². The van der Waals surface area contributed by atoms with Crippen LogP contribution in [0.1, 0.15) is 21.5 Å². The van der Waals surface area contributed by atoms with Crippen LogP contribution in [0, 0.1) is 15.9 Å². The fraction of sp³-hybridized carbons (Fsp3) is 0.0455. The molecule has 3 aromatic carbocycles. The van der Waals surface area contributed by atoms with Crippen molar-refractivity contribution >= 4 is 17.5 Å². The molecular weight excluding hydrogens is 377 g/mol. The second-order valence-electron chi connectivity index (χ2n) is 6.36. The Labute approximate surface area is 165 Å². The summed E-state index contributed by atoms with van der Waals surface area (Å²) in [7, 11) is 0. The minimum absolute atomic E-state index is 0.0305. The molecule has 7 heteroatoms. The molecule has 0 amide bonds. The van der Waals surface area contributed by atoms with Crippen molar-refractivity contribution in [2.24, 2.45) is 0 Å². The summed E-state index contributed by atoms with van der Waals surface area (Å²) < 4.78 is 24.3. The molecule has 0 N–H and O–H groups in total. The molecule has 0 aliphatic carbocycles. The molecule has 0 saturated heterocycles. The second-order valence-corrected chi connectivity index (χ2v) is 6.36. The van der Waals surface area contributed by atoms with Crippen LogP contribution in [-0.4, -0.2) is 10.7 Å². The number of nitro benzene ring substituents is 1. The molecule has 0 saturated carbocycles. The number of hydrogen-bond donors (Lipinski definition) is 0. The monoisotopic (exact) mass is 391 g/mol. The summed E-state index contributed by atoms with van der Waals surface area (Å²) >= 11 is 0. The lowest BCUT2D eigenvalue weighted by Crippen LogP contribution is -1.98. The van der Waals surface area contributed by atoms with Gasteiger partial charge in [0.05, 0.1) is 10.5 Å². The van der Waals surface area contributed by atoms with Gasteiger partial charge in [0, 0.05) is 18.2 Å². The number of allylic oxidation sites excluding steroid dienone is 1. The summed E-state index contributed by atoms with van der Waals surface area (Å²) in [4.78, 5) is 22.8. The number of nitrogens with zero attached hydrogens (tertiary/aromatic N) is 1. The molecule has 29 heavy (non-hydrogen) atoms. The molecule has 0 unspecified atom stereocenters. The molecular formula is C22H14FNO5. The van der Waals surface area contributed by atoms with Gasteiger partial charge in [-0.25, -0.2) is 4.39 Å². The summed E-state index contributed by atoms with van der Waals surface area (Å²) in [6, 6.07) is 16.7. The number of halogens is 1. The summed E-state index contributed by atoms with van der Waals surface area (Å²) in [5, 5.41) is 10.7. The zero-order valence-electron chi connectivity index (χ0n) is 15.0. The zero-order valence-corrected chi connectivity index (χ0v) is 15.0. The number of Topliss-reactive ketones (excluding diaryl/α,β-unsaturated/α-hetero) is 1. The van der Waals surface area contributed by atoms with Crippen molar-refractivity contribution in [2.45, 2.75) is 6.61 Å². The van der Waals surface area contributed by atoms with Crippen molar-refractivity contribution < 1.29 is 23.6 Å². The van der Waals surface area contributed by atoms with Crippen LogP contribution in [-0.2, 0) is 6.61 Å². The van der Waals surface area contributed by atoms with Gasteiger partial charge in [-0.15, -0.1) is 0 Å². The highest BCUT2D eigenvalue weighted by Crippen LogP contribution is 2.35. The van der Waals surface area contributed by atoms with Crippen LogP contribution in [0.2, 0.25) is 0 Å². The Morgan fingerprint density at radius 2 is 1.76 bits per heavy atom. The molecule has 3 aromatic rings. The number of carbonyl (C=O) groups is 1. The maximum absolute atomic E-state index is 13.0. The Bertz CT molecular complexity index is 1120. The molecule has 0 radical (unpaired) electrons. The molecule has 0 fully saturated rings. The van der Waals surface area contributed by atoms with Crippen LogP contribution in [0.5, 0.6) is 11.5 Å². The van der Waals surface area contributed by atoms with Gasteiger partial charge in [0.25, 0.3) is 5.69 Å². The van der Waals surface area contributed by atoms with Crippen LogP contribution < -0.4 is 9.47 Å². The van der Waals surface area contributed by atoms with Gasteiger partial charge in [0.1, 0.15) is 23.9 Å². The number of rotatable bonds is 5. The van der Waals surface area contributed by atoms with E-state index in [1.807, 2.05) is 0 Å². The van der Waals surface area contributed by atoms with E-state index in [1.165, 1.54) is 30.3 Å². The van der Waals surface area contributed by atoms with Crippen molar-refractivity contribution in [3.05, 3.63) is 105 Å². The number of hydrogen-bond acceptors (Lipinski definition) is 5. The third-order valence-corrected chi connectivity index (χ3v) is 4.36. The average Bonchev–Trinajstić information content (AvgIpc) is 3.03. The van der Waals surface area contributed by atoms with Gasteiger partial charge in [0.2, 0.25) is 5.78 Å². The van der Waals surface area contributed by atoms with Crippen LogP contribution in [0.15, 0.2) is 72.5 Å². The highest BCUT2D eigenvalue weighted by molar-refractivity contribution is 6.14. The molecule has 144 valence electrons. The van der Waals surface area contributed by atoms with Gasteiger partial charge in [-0.3, -0.25) is 14.9 Å². The smallest absolute Gasteiger partial charge is 0.269 e. The van der Waals surface area contributed by atoms with E-state index in [-0.39, 0.29) is 29.7 Å². The molecule has 0 bridgehead atoms. The Balaban J connectivity index is 1.49. The maximum atomic E-state index is 13.0. The standard InChI is InChI=1S/C22H14FNO5/c23-16-5-1-15(2-6-16)13-28-18-9-10-19-20(12-18)29-21(22(19)25)11-14-3-7-17(8-4-14)24(26)27/h1-12H,13H2/b21-11-. The molecule has 1 aliphatic heterocycles. The van der Waals surface area contributed by atoms with E-state index in [0.29, 0.717) is 22.6 Å². The zero-order chi connectivity index (χ0) is 20.4. The SMILES string of the molecule is O=C1/C(=C/c2ccc([N+](=O)[O-])cc2)Oc2cc(OCc3ccc(F)cc3)ccc21. The van der Waals surface area contributed by atoms with Crippen molar-refractivity contribution in [1.82, 2.24) is 0 Å². The highest BCUT2D eigenvalue weighted by atomic mass is 19.1. The summed E-state index contributed by atoms with van der Waals surface area (Å²) in [5.41, 5.74) is 1.80. The molecule has 1 aliphatic rings. The van der Waals surface area contributed by atoms with Crippen molar-refractivity contribution in [3.63, 3.8) is 0 Å². The minimum Gasteiger partial charge on any atom is -0.489 e. The van der Waals surface area contributed by atoms with Crippen molar-refractivity contribution in [3.8, 4) is 11.5 Å². The largest absolute Gasteiger partial charge is 0.489 e. The number of fused-ring (bicyclic) bond motifs is 1. The first-order chi connectivity index (χ1) is 14.0. The van der Waals surface area contributed by atoms with Crippen LogP contribution in [0.3, 0.4) is 0 Å². The Hall–Kier alpha value is -4.00. The van der Waals surface area contributed by atoms with Gasteiger partial charge in [-0.2, -0.15) is 0 Å². The Morgan fingerprint density at radius 1 is 1.03 bits per heavy atom. The van der Waals surface area contributed by atoms with Gasteiger partial charge in [0.15, 0.2) is 5.76 Å². The van der Waals surface area contributed by atoms with E-state index >= 15 is 0 Å². The normalized spacial score (nSPS) is 13.8. The molecule has 0 spiro atoms. The number of ether oxygens (including phenoxy) is 2. The van der Waals surface area contributed by atoms with Gasteiger partial charge < -0.3 is 9.47 Å². The van der Waals surface area contributed by atoms with Gasteiger partial charge >= 0.3 is 0 Å². The van der Waals surface area contributed by atoms with Crippen molar-refractivity contribution in [1.29, 1.82) is 0 Å². The molecule has 0 aromatic heterocycles. The maximum Gasteiger partial charge on any atom is 0.269 e.